The molecule has 0 saturated carbocycles. The summed E-state index contributed by atoms with van der Waals surface area (Å²) in [5, 5.41) is 2.55. The monoisotopic (exact) mass is 859 g/mol. The van der Waals surface area contributed by atoms with E-state index in [9.17, 15) is 0 Å². The molecule has 0 aliphatic heterocycles. The van der Waals surface area contributed by atoms with Crippen LogP contribution in [0.1, 0.15) is 47.2 Å². The minimum absolute atomic E-state index is 0.156. The van der Waals surface area contributed by atoms with Gasteiger partial charge in [0.2, 0.25) is 0 Å². The first-order chi connectivity index (χ1) is 32.5. The van der Waals surface area contributed by atoms with E-state index in [1.54, 1.807) is 0 Å². The topological polar surface area (TPSA) is 3.24 Å². The van der Waals surface area contributed by atoms with Crippen molar-refractivity contribution in [2.24, 2.45) is 0 Å². The maximum Gasteiger partial charge on any atom is 0.0714 e. The third kappa shape index (κ3) is 5.71. The molecule has 13 rings (SSSR count). The van der Waals surface area contributed by atoms with Crippen LogP contribution in [0.4, 0.5) is 17.1 Å². The third-order valence-corrected chi connectivity index (χ3v) is 15.7. The summed E-state index contributed by atoms with van der Waals surface area (Å²) in [7, 11) is 0. The van der Waals surface area contributed by atoms with Crippen molar-refractivity contribution in [2.45, 2.75) is 24.7 Å². The van der Waals surface area contributed by atoms with Gasteiger partial charge in [0.05, 0.1) is 5.41 Å². The van der Waals surface area contributed by atoms with Gasteiger partial charge in [0.1, 0.15) is 0 Å². The van der Waals surface area contributed by atoms with Crippen LogP contribution < -0.4 is 4.90 Å². The van der Waals surface area contributed by atoms with Crippen LogP contribution in [0.2, 0.25) is 0 Å². The second-order valence-corrected chi connectivity index (χ2v) is 19.5. The molecule has 11 aromatic rings. The molecule has 0 fully saturated rings. The molecule has 1 nitrogen and oxygen atoms in total. The fourth-order valence-corrected chi connectivity index (χ4v) is 12.6. The van der Waals surface area contributed by atoms with E-state index in [2.05, 4.69) is 255 Å². The summed E-state index contributed by atoms with van der Waals surface area (Å²) in [4.78, 5) is 2.51. The Morgan fingerprint density at radius 2 is 0.803 bits per heavy atom. The molecule has 66 heavy (non-hydrogen) atoms. The van der Waals surface area contributed by atoms with Crippen LogP contribution in [-0.2, 0) is 10.8 Å². The van der Waals surface area contributed by atoms with Crippen molar-refractivity contribution in [2.75, 3.05) is 4.90 Å². The number of fused-ring (bicyclic) bond motifs is 11. The summed E-state index contributed by atoms with van der Waals surface area (Å²) in [6, 6.07) is 88.7. The number of thiophene rings is 1. The minimum atomic E-state index is -0.655. The first-order valence-electron chi connectivity index (χ1n) is 23.0. The van der Waals surface area contributed by atoms with E-state index in [4.69, 9.17) is 0 Å². The average Bonchev–Trinajstić information content (AvgIpc) is 3.81. The summed E-state index contributed by atoms with van der Waals surface area (Å²) >= 11 is 1.87. The predicted molar refractivity (Wildman–Crippen MR) is 280 cm³/mol. The molecule has 0 atom stereocenters. The highest BCUT2D eigenvalue weighted by Gasteiger charge is 2.44. The summed E-state index contributed by atoms with van der Waals surface area (Å²) in [6.45, 7) is 4.76. The molecule has 0 spiro atoms. The van der Waals surface area contributed by atoms with Gasteiger partial charge in [-0.3, -0.25) is 0 Å². The Labute approximate surface area is 390 Å². The van der Waals surface area contributed by atoms with Gasteiger partial charge < -0.3 is 4.90 Å². The second-order valence-electron chi connectivity index (χ2n) is 18.4. The predicted octanol–water partition coefficient (Wildman–Crippen LogP) is 17.5. The zero-order valence-corrected chi connectivity index (χ0v) is 37.7. The van der Waals surface area contributed by atoms with Gasteiger partial charge in [-0.1, -0.05) is 196 Å². The van der Waals surface area contributed by atoms with Gasteiger partial charge in [-0.05, 0) is 132 Å². The van der Waals surface area contributed by atoms with Gasteiger partial charge in [0.25, 0.3) is 0 Å². The molecule has 1 heterocycles. The van der Waals surface area contributed by atoms with Crippen molar-refractivity contribution >= 4 is 48.6 Å². The Kier molecular flexibility index (Phi) is 8.72. The third-order valence-electron chi connectivity index (χ3n) is 14.6. The fraction of sp³-hybridized carbons (Fsp3) is 0.0625. The zero-order valence-electron chi connectivity index (χ0n) is 36.9. The number of hydrogen-bond donors (Lipinski definition) is 0. The maximum atomic E-state index is 2.51. The lowest BCUT2D eigenvalue weighted by Crippen LogP contribution is -2.32. The molecule has 0 saturated heterocycles. The van der Waals surface area contributed by atoms with Crippen LogP contribution in [0.15, 0.2) is 237 Å². The molecule has 1 aromatic heterocycles. The van der Waals surface area contributed by atoms with Crippen molar-refractivity contribution in [1.82, 2.24) is 0 Å². The van der Waals surface area contributed by atoms with Crippen LogP contribution in [0.25, 0.3) is 64.7 Å². The fourth-order valence-electron chi connectivity index (χ4n) is 11.5. The number of nitrogens with zero attached hydrogens (tertiary/aromatic N) is 1. The Morgan fingerprint density at radius 1 is 0.318 bits per heavy atom. The van der Waals surface area contributed by atoms with Crippen LogP contribution in [0.3, 0.4) is 0 Å². The molecule has 0 bridgehead atoms. The molecule has 2 aliphatic rings. The zero-order chi connectivity index (χ0) is 44.0. The Balaban J connectivity index is 1.08. The van der Waals surface area contributed by atoms with E-state index in [-0.39, 0.29) is 5.41 Å². The van der Waals surface area contributed by atoms with E-state index in [0.29, 0.717) is 0 Å². The highest BCUT2D eigenvalue weighted by Crippen LogP contribution is 2.56. The van der Waals surface area contributed by atoms with Crippen molar-refractivity contribution in [3.63, 3.8) is 0 Å². The minimum Gasteiger partial charge on any atom is -0.310 e. The number of benzene rings is 10. The number of hydrogen-bond acceptors (Lipinski definition) is 2. The van der Waals surface area contributed by atoms with Gasteiger partial charge in [0.15, 0.2) is 0 Å². The molecule has 0 unspecified atom stereocenters. The van der Waals surface area contributed by atoms with Crippen LogP contribution in [0.5, 0.6) is 0 Å². The molecular formula is C64H45NS. The van der Waals surface area contributed by atoms with E-state index < -0.39 is 5.41 Å². The lowest BCUT2D eigenvalue weighted by molar-refractivity contribution is 0.660. The Bertz CT molecular complexity index is 3620. The Hall–Kier alpha value is -7.78. The summed E-state index contributed by atoms with van der Waals surface area (Å²) in [5.41, 5.74) is 20.4. The van der Waals surface area contributed by atoms with Gasteiger partial charge in [-0.15, -0.1) is 11.3 Å². The van der Waals surface area contributed by atoms with Crippen molar-refractivity contribution in [3.05, 3.63) is 270 Å². The molecule has 0 amide bonds. The molecule has 2 heteroatoms. The average molecular weight is 860 g/mol. The molecule has 0 radical (unpaired) electrons. The summed E-state index contributed by atoms with van der Waals surface area (Å²) in [6.07, 6.45) is 0. The maximum absolute atomic E-state index is 2.51. The van der Waals surface area contributed by atoms with E-state index >= 15 is 0 Å². The van der Waals surface area contributed by atoms with Crippen molar-refractivity contribution < 1.29 is 0 Å². The number of rotatable bonds is 6. The summed E-state index contributed by atoms with van der Waals surface area (Å²) in [5.74, 6) is 0. The van der Waals surface area contributed by atoms with Crippen molar-refractivity contribution in [3.8, 4) is 44.5 Å². The van der Waals surface area contributed by atoms with Crippen LogP contribution in [-0.4, -0.2) is 0 Å². The van der Waals surface area contributed by atoms with Gasteiger partial charge >= 0.3 is 0 Å². The van der Waals surface area contributed by atoms with E-state index in [1.807, 2.05) is 11.3 Å². The normalized spacial score (nSPS) is 13.8. The SMILES string of the molecule is CC1(C)c2ccccc2-c2ccc(N(c3cccc(C4(c5ccccc5)c5ccccc5-c5ccccc5-c5ccccc54)c3)c3ccc4sc5ccc(-c6ccccc6)cc5c4c3)cc21. The molecule has 312 valence electrons. The quantitative estimate of drug-likeness (QED) is 0.161. The van der Waals surface area contributed by atoms with E-state index in [0.717, 1.165) is 17.1 Å². The Morgan fingerprint density at radius 3 is 1.48 bits per heavy atom. The highest BCUT2D eigenvalue weighted by molar-refractivity contribution is 7.25. The first-order valence-corrected chi connectivity index (χ1v) is 23.8. The van der Waals surface area contributed by atoms with Gasteiger partial charge in [-0.2, -0.15) is 0 Å². The highest BCUT2D eigenvalue weighted by atomic mass is 32.1. The molecule has 2 aliphatic carbocycles. The molecule has 0 N–H and O–H groups in total. The largest absolute Gasteiger partial charge is 0.310 e. The van der Waals surface area contributed by atoms with Crippen molar-refractivity contribution in [1.29, 1.82) is 0 Å². The summed E-state index contributed by atoms with van der Waals surface area (Å²) < 4.78 is 2.58. The van der Waals surface area contributed by atoms with Gasteiger partial charge in [-0.25, -0.2) is 0 Å². The smallest absolute Gasteiger partial charge is 0.0714 e. The van der Waals surface area contributed by atoms with Crippen LogP contribution in [0, 0.1) is 0 Å². The molecular weight excluding hydrogens is 815 g/mol. The second kappa shape index (κ2) is 14.9. The molecule has 10 aromatic carbocycles. The standard InChI is InChI=1S/C64H45NS/c1-63(2)57-29-14-11-28-53(57)54-35-33-48(41-60(54)63)65(47-34-37-62-56(40-47)55-38-43(32-36-61(55)66-62)42-18-5-3-6-19-42)46-23-17-22-45(39-46)64(44-20-7-4-8-21-44)58-30-15-12-26-51(58)49-24-9-10-25-50(49)52-27-13-16-31-59(52)64/h3-41H,1-2H3. The van der Waals surface area contributed by atoms with Gasteiger partial charge in [0, 0.05) is 42.6 Å². The number of anilines is 3. The van der Waals surface area contributed by atoms with E-state index in [1.165, 1.54) is 98.1 Å². The first kappa shape index (κ1) is 38.7. The van der Waals surface area contributed by atoms with Crippen LogP contribution >= 0.6 is 11.3 Å². The lowest BCUT2D eigenvalue weighted by atomic mass is 9.63. The lowest BCUT2D eigenvalue weighted by Gasteiger charge is -2.39.